The van der Waals surface area contributed by atoms with Crippen LogP contribution in [0.25, 0.3) is 10.1 Å². The second kappa shape index (κ2) is 7.70. The van der Waals surface area contributed by atoms with Crippen LogP contribution in [0.5, 0.6) is 0 Å². The number of carbonyl (C=O) groups is 1. The Morgan fingerprint density at radius 1 is 1.24 bits per heavy atom. The van der Waals surface area contributed by atoms with Crippen molar-refractivity contribution >= 4 is 83.6 Å². The molecule has 0 saturated heterocycles. The molecule has 0 amide bonds. The minimum atomic E-state index is -0.438. The van der Waals surface area contributed by atoms with Gasteiger partial charge >= 0.3 is 5.97 Å². The van der Waals surface area contributed by atoms with Crippen LogP contribution in [0.3, 0.4) is 0 Å². The van der Waals surface area contributed by atoms with Crippen molar-refractivity contribution in [3.63, 3.8) is 0 Å². The highest BCUT2D eigenvalue weighted by atomic mass is 79.9. The molecular weight excluding hydrogens is 444 g/mol. The summed E-state index contributed by atoms with van der Waals surface area (Å²) in [5, 5.41) is 7.93. The van der Waals surface area contributed by atoms with E-state index in [1.54, 1.807) is 0 Å². The molecule has 0 spiro atoms. The summed E-state index contributed by atoms with van der Waals surface area (Å²) in [6.07, 6.45) is 0. The molecule has 0 aliphatic rings. The van der Waals surface area contributed by atoms with Crippen LogP contribution in [0.1, 0.15) is 9.67 Å². The van der Waals surface area contributed by atoms with Gasteiger partial charge in [0.1, 0.15) is 4.88 Å². The molecule has 0 saturated carbocycles. The normalized spacial score (nSPS) is 10.5. The quantitative estimate of drug-likeness (QED) is 0.380. The van der Waals surface area contributed by atoms with Crippen LogP contribution in [-0.4, -0.2) is 18.2 Å². The largest absolute Gasteiger partial charge is 0.465 e. The van der Waals surface area contributed by atoms with Crippen molar-refractivity contribution in [3.05, 3.63) is 56.8 Å². The topological polar surface area (TPSA) is 50.4 Å². The summed E-state index contributed by atoms with van der Waals surface area (Å²) < 4.78 is 6.55. The molecule has 3 aromatic rings. The zero-order chi connectivity index (χ0) is 18.0. The summed E-state index contributed by atoms with van der Waals surface area (Å²) in [5.74, 6) is -0.438. The Labute approximate surface area is 167 Å². The second-order valence-corrected chi connectivity index (χ2v) is 7.70. The van der Waals surface area contributed by atoms with Crippen molar-refractivity contribution in [1.29, 1.82) is 0 Å². The summed E-state index contributed by atoms with van der Waals surface area (Å²) in [6.45, 7) is 0. The maximum Gasteiger partial charge on any atom is 0.349 e. The number of rotatable bonds is 3. The lowest BCUT2D eigenvalue weighted by Crippen LogP contribution is -2.19. The van der Waals surface area contributed by atoms with Gasteiger partial charge in [-0.3, -0.25) is 0 Å². The van der Waals surface area contributed by atoms with Crippen molar-refractivity contribution in [1.82, 2.24) is 0 Å². The molecule has 4 nitrogen and oxygen atoms in total. The number of para-hydroxylation sites is 1. The van der Waals surface area contributed by atoms with Crippen LogP contribution in [-0.2, 0) is 4.74 Å². The number of thiocarbonyl (C=S) groups is 1. The van der Waals surface area contributed by atoms with Crippen molar-refractivity contribution in [2.45, 2.75) is 0 Å². The van der Waals surface area contributed by atoms with Gasteiger partial charge in [-0.25, -0.2) is 4.79 Å². The van der Waals surface area contributed by atoms with Gasteiger partial charge in [0.15, 0.2) is 5.11 Å². The third-order valence-corrected chi connectivity index (χ3v) is 5.91. The van der Waals surface area contributed by atoms with Gasteiger partial charge in [0, 0.05) is 20.2 Å². The molecule has 2 aromatic carbocycles. The predicted molar refractivity (Wildman–Crippen MR) is 112 cm³/mol. The number of methoxy groups -OCH3 is 1. The molecule has 2 N–H and O–H groups in total. The van der Waals surface area contributed by atoms with E-state index < -0.39 is 5.97 Å². The van der Waals surface area contributed by atoms with Crippen molar-refractivity contribution in [2.24, 2.45) is 0 Å². The monoisotopic (exact) mass is 454 g/mol. The Morgan fingerprint density at radius 3 is 2.72 bits per heavy atom. The van der Waals surface area contributed by atoms with E-state index >= 15 is 0 Å². The molecule has 25 heavy (non-hydrogen) atoms. The lowest BCUT2D eigenvalue weighted by Gasteiger charge is -2.11. The standard InChI is InChI=1S/C17H12BrClN2O2S2/c1-23-16(22)15-14(19)10-7-6-9(8-13(10)25-15)20-17(24)21-12-5-3-2-4-11(12)18/h2-8H,1H3,(H2,20,21,24). The first-order valence-corrected chi connectivity index (χ1v) is 9.52. The maximum absolute atomic E-state index is 11.8. The fraction of sp³-hybridized carbons (Fsp3) is 0.0588. The van der Waals surface area contributed by atoms with Crippen LogP contribution >= 0.6 is 51.1 Å². The minimum absolute atomic E-state index is 0.394. The van der Waals surface area contributed by atoms with Crippen LogP contribution in [0.4, 0.5) is 11.4 Å². The Balaban J connectivity index is 1.81. The first-order chi connectivity index (χ1) is 12.0. The zero-order valence-electron chi connectivity index (χ0n) is 12.9. The van der Waals surface area contributed by atoms with Gasteiger partial charge in [0.05, 0.1) is 17.8 Å². The van der Waals surface area contributed by atoms with E-state index in [1.807, 2.05) is 42.5 Å². The average Bonchev–Trinajstić information content (AvgIpc) is 2.92. The van der Waals surface area contributed by atoms with Gasteiger partial charge in [-0.15, -0.1) is 11.3 Å². The molecule has 0 atom stereocenters. The number of ether oxygens (including phenoxy) is 1. The predicted octanol–water partition coefficient (Wildman–Crippen LogP) is 5.91. The third-order valence-electron chi connectivity index (χ3n) is 3.38. The van der Waals surface area contributed by atoms with Crippen LogP contribution in [0, 0.1) is 0 Å². The van der Waals surface area contributed by atoms with E-state index in [1.165, 1.54) is 18.4 Å². The van der Waals surface area contributed by atoms with Crippen LogP contribution in [0.2, 0.25) is 5.02 Å². The summed E-state index contributed by atoms with van der Waals surface area (Å²) in [7, 11) is 1.34. The van der Waals surface area contributed by atoms with Gasteiger partial charge in [-0.05, 0) is 58.5 Å². The molecule has 3 rings (SSSR count). The molecule has 128 valence electrons. The second-order valence-electron chi connectivity index (χ2n) is 5.01. The average molecular weight is 456 g/mol. The Bertz CT molecular complexity index is 974. The highest BCUT2D eigenvalue weighted by Crippen LogP contribution is 2.37. The van der Waals surface area contributed by atoms with E-state index in [4.69, 9.17) is 28.6 Å². The van der Waals surface area contributed by atoms with Gasteiger partial charge < -0.3 is 15.4 Å². The molecule has 0 radical (unpaired) electrons. The van der Waals surface area contributed by atoms with E-state index in [0.29, 0.717) is 15.0 Å². The molecule has 0 fully saturated rings. The van der Waals surface area contributed by atoms with Crippen LogP contribution < -0.4 is 10.6 Å². The molecule has 1 aromatic heterocycles. The number of anilines is 2. The van der Waals surface area contributed by atoms with E-state index in [0.717, 1.165) is 25.9 Å². The number of nitrogens with one attached hydrogen (secondary N) is 2. The molecule has 0 aliphatic carbocycles. The van der Waals surface area contributed by atoms with Crippen molar-refractivity contribution in [3.8, 4) is 0 Å². The highest BCUT2D eigenvalue weighted by molar-refractivity contribution is 9.10. The third kappa shape index (κ3) is 3.95. The number of halogens is 2. The summed E-state index contributed by atoms with van der Waals surface area (Å²) in [6, 6.07) is 13.3. The number of thiophene rings is 1. The van der Waals surface area contributed by atoms with Gasteiger partial charge in [-0.2, -0.15) is 0 Å². The minimum Gasteiger partial charge on any atom is -0.465 e. The molecule has 0 unspecified atom stereocenters. The number of carbonyl (C=O) groups excluding carboxylic acids is 1. The van der Waals surface area contributed by atoms with Gasteiger partial charge in [-0.1, -0.05) is 23.7 Å². The molecular formula is C17H12BrClN2O2S2. The van der Waals surface area contributed by atoms with Crippen molar-refractivity contribution in [2.75, 3.05) is 17.7 Å². The fourth-order valence-corrected chi connectivity index (χ4v) is 4.29. The van der Waals surface area contributed by atoms with Gasteiger partial charge in [0.25, 0.3) is 0 Å². The zero-order valence-corrected chi connectivity index (χ0v) is 16.9. The number of hydrogen-bond acceptors (Lipinski definition) is 4. The Morgan fingerprint density at radius 2 is 2.00 bits per heavy atom. The van der Waals surface area contributed by atoms with E-state index in [9.17, 15) is 4.79 Å². The Hall–Kier alpha value is -1.67. The number of benzene rings is 2. The number of esters is 1. The molecule has 0 aliphatic heterocycles. The highest BCUT2D eigenvalue weighted by Gasteiger charge is 2.17. The van der Waals surface area contributed by atoms with Crippen LogP contribution in [0.15, 0.2) is 46.9 Å². The van der Waals surface area contributed by atoms with E-state index in [2.05, 4.69) is 26.6 Å². The Kier molecular flexibility index (Phi) is 5.58. The molecule has 8 heteroatoms. The molecule has 1 heterocycles. The number of hydrogen-bond donors (Lipinski definition) is 2. The lowest BCUT2D eigenvalue weighted by atomic mass is 10.2. The van der Waals surface area contributed by atoms with Gasteiger partial charge in [0.2, 0.25) is 0 Å². The van der Waals surface area contributed by atoms with Crippen molar-refractivity contribution < 1.29 is 9.53 Å². The first kappa shape index (κ1) is 18.1. The SMILES string of the molecule is COC(=O)c1sc2cc(NC(=S)Nc3ccccc3Br)ccc2c1Cl. The first-order valence-electron chi connectivity index (χ1n) is 7.12. The van der Waals surface area contributed by atoms with E-state index in [-0.39, 0.29) is 0 Å². The summed E-state index contributed by atoms with van der Waals surface area (Å²) in [4.78, 5) is 12.1. The fourth-order valence-electron chi connectivity index (χ4n) is 2.21. The smallest absolute Gasteiger partial charge is 0.349 e. The maximum atomic E-state index is 11.8. The molecule has 0 bridgehead atoms. The summed E-state index contributed by atoms with van der Waals surface area (Å²) in [5.41, 5.74) is 1.67. The number of fused-ring (bicyclic) bond motifs is 1. The summed E-state index contributed by atoms with van der Waals surface area (Å²) >= 11 is 16.4. The lowest BCUT2D eigenvalue weighted by molar-refractivity contribution is 0.0606.